The standard InChI is InChI=1S/C19H23FN2/c1-14-5-6-15(18(20)13-14)7-8-17-3-2-4-19(22-17)16-9-11-21-12-10-16/h2-6,13,16,21H,7-12H2,1H3. The summed E-state index contributed by atoms with van der Waals surface area (Å²) in [6.45, 7) is 4.06. The fraction of sp³-hybridized carbons (Fsp3) is 0.421. The van der Waals surface area contributed by atoms with Crippen LogP contribution in [0.3, 0.4) is 0 Å². The quantitative estimate of drug-likeness (QED) is 0.929. The van der Waals surface area contributed by atoms with Crippen LogP contribution in [0.2, 0.25) is 0 Å². The van der Waals surface area contributed by atoms with Gasteiger partial charge < -0.3 is 5.32 Å². The lowest BCUT2D eigenvalue weighted by atomic mass is 9.94. The van der Waals surface area contributed by atoms with Crippen LogP contribution >= 0.6 is 0 Å². The molecule has 1 aliphatic heterocycles. The van der Waals surface area contributed by atoms with Crippen molar-refractivity contribution in [3.63, 3.8) is 0 Å². The molecule has 1 aromatic carbocycles. The van der Waals surface area contributed by atoms with Gasteiger partial charge in [0.25, 0.3) is 0 Å². The number of aromatic nitrogens is 1. The van der Waals surface area contributed by atoms with Crippen molar-refractivity contribution < 1.29 is 4.39 Å². The summed E-state index contributed by atoms with van der Waals surface area (Å²) in [6, 6.07) is 11.7. The number of hydrogen-bond donors (Lipinski definition) is 1. The normalized spacial score (nSPS) is 15.9. The molecule has 0 aliphatic carbocycles. The van der Waals surface area contributed by atoms with E-state index in [2.05, 4.69) is 23.5 Å². The summed E-state index contributed by atoms with van der Waals surface area (Å²) in [5, 5.41) is 3.39. The number of hydrogen-bond acceptors (Lipinski definition) is 2. The minimum atomic E-state index is -0.102. The molecule has 0 bridgehead atoms. The van der Waals surface area contributed by atoms with Gasteiger partial charge in [-0.3, -0.25) is 4.98 Å². The van der Waals surface area contributed by atoms with E-state index in [9.17, 15) is 4.39 Å². The highest BCUT2D eigenvalue weighted by Gasteiger charge is 2.16. The smallest absolute Gasteiger partial charge is 0.126 e. The molecule has 2 nitrogen and oxygen atoms in total. The van der Waals surface area contributed by atoms with Crippen molar-refractivity contribution in [3.05, 3.63) is 64.7 Å². The average molecular weight is 298 g/mol. The van der Waals surface area contributed by atoms with Gasteiger partial charge in [0.05, 0.1) is 0 Å². The van der Waals surface area contributed by atoms with E-state index in [1.165, 1.54) is 5.69 Å². The van der Waals surface area contributed by atoms with Gasteiger partial charge >= 0.3 is 0 Å². The molecule has 1 saturated heterocycles. The third-order valence-corrected chi connectivity index (χ3v) is 4.44. The second kappa shape index (κ2) is 7.01. The summed E-state index contributed by atoms with van der Waals surface area (Å²) in [5.74, 6) is 0.465. The third kappa shape index (κ3) is 3.72. The molecule has 3 heteroatoms. The fourth-order valence-electron chi connectivity index (χ4n) is 3.10. The largest absolute Gasteiger partial charge is 0.317 e. The molecule has 1 aromatic heterocycles. The highest BCUT2D eigenvalue weighted by molar-refractivity contribution is 5.24. The fourth-order valence-corrected chi connectivity index (χ4v) is 3.10. The van der Waals surface area contributed by atoms with Crippen molar-refractivity contribution in [1.29, 1.82) is 0 Å². The number of pyridine rings is 1. The lowest BCUT2D eigenvalue weighted by molar-refractivity contribution is 0.452. The summed E-state index contributed by atoms with van der Waals surface area (Å²) >= 11 is 0. The molecule has 1 fully saturated rings. The van der Waals surface area contributed by atoms with Gasteiger partial charge in [-0.15, -0.1) is 0 Å². The summed E-state index contributed by atoms with van der Waals surface area (Å²) < 4.78 is 13.9. The van der Waals surface area contributed by atoms with Crippen molar-refractivity contribution in [2.75, 3.05) is 13.1 Å². The Labute approximate surface area is 131 Å². The van der Waals surface area contributed by atoms with Crippen molar-refractivity contribution >= 4 is 0 Å². The zero-order valence-corrected chi connectivity index (χ0v) is 13.1. The van der Waals surface area contributed by atoms with Crippen molar-refractivity contribution in [2.45, 2.75) is 38.5 Å². The van der Waals surface area contributed by atoms with Gasteiger partial charge in [-0.05, 0) is 75.0 Å². The van der Waals surface area contributed by atoms with E-state index in [1.54, 1.807) is 6.07 Å². The number of benzene rings is 1. The third-order valence-electron chi connectivity index (χ3n) is 4.44. The Kier molecular flexibility index (Phi) is 4.84. The van der Waals surface area contributed by atoms with Gasteiger partial charge in [0.2, 0.25) is 0 Å². The van der Waals surface area contributed by atoms with Crippen LogP contribution in [0.5, 0.6) is 0 Å². The molecule has 22 heavy (non-hydrogen) atoms. The minimum absolute atomic E-state index is 0.102. The van der Waals surface area contributed by atoms with Crippen molar-refractivity contribution in [1.82, 2.24) is 10.3 Å². The lowest BCUT2D eigenvalue weighted by Crippen LogP contribution is -2.27. The molecule has 0 spiro atoms. The van der Waals surface area contributed by atoms with Gasteiger partial charge in [-0.1, -0.05) is 18.2 Å². The van der Waals surface area contributed by atoms with E-state index in [0.717, 1.165) is 49.2 Å². The molecule has 0 amide bonds. The average Bonchev–Trinajstić information content (AvgIpc) is 2.55. The topological polar surface area (TPSA) is 24.9 Å². The Morgan fingerprint density at radius 1 is 1.14 bits per heavy atom. The number of piperidine rings is 1. The van der Waals surface area contributed by atoms with Gasteiger partial charge in [0.1, 0.15) is 5.82 Å². The van der Waals surface area contributed by atoms with E-state index in [4.69, 9.17) is 4.98 Å². The monoisotopic (exact) mass is 298 g/mol. The molecule has 1 N–H and O–H groups in total. The number of aryl methyl sites for hydroxylation is 3. The SMILES string of the molecule is Cc1ccc(CCc2cccc(C3CCNCC3)n2)c(F)c1. The van der Waals surface area contributed by atoms with Crippen LogP contribution in [0.25, 0.3) is 0 Å². The van der Waals surface area contributed by atoms with E-state index < -0.39 is 0 Å². The Morgan fingerprint density at radius 3 is 2.73 bits per heavy atom. The summed E-state index contributed by atoms with van der Waals surface area (Å²) in [4.78, 5) is 4.81. The Morgan fingerprint density at radius 2 is 1.95 bits per heavy atom. The molecule has 2 aromatic rings. The Hall–Kier alpha value is -1.74. The maximum atomic E-state index is 13.9. The zero-order chi connectivity index (χ0) is 15.4. The van der Waals surface area contributed by atoms with Crippen molar-refractivity contribution in [2.24, 2.45) is 0 Å². The van der Waals surface area contributed by atoms with Crippen molar-refractivity contribution in [3.8, 4) is 0 Å². The second-order valence-electron chi connectivity index (χ2n) is 6.17. The van der Waals surface area contributed by atoms with Gasteiger partial charge in [-0.2, -0.15) is 0 Å². The highest BCUT2D eigenvalue weighted by atomic mass is 19.1. The first-order chi connectivity index (χ1) is 10.7. The molecule has 0 unspecified atom stereocenters. The minimum Gasteiger partial charge on any atom is -0.317 e. The molecular formula is C19H23FN2. The first-order valence-electron chi connectivity index (χ1n) is 8.14. The van der Waals surface area contributed by atoms with E-state index >= 15 is 0 Å². The molecule has 0 saturated carbocycles. The first kappa shape index (κ1) is 15.2. The molecule has 0 radical (unpaired) electrons. The number of rotatable bonds is 4. The van der Waals surface area contributed by atoms with E-state index in [0.29, 0.717) is 12.3 Å². The van der Waals surface area contributed by atoms with Crippen LogP contribution in [0.15, 0.2) is 36.4 Å². The Bertz CT molecular complexity index is 633. The predicted octanol–water partition coefficient (Wildman–Crippen LogP) is 3.78. The molecule has 3 rings (SSSR count). The van der Waals surface area contributed by atoms with Crippen LogP contribution in [0.1, 0.15) is 41.3 Å². The molecule has 116 valence electrons. The lowest BCUT2D eigenvalue weighted by Gasteiger charge is -2.22. The van der Waals surface area contributed by atoms with E-state index in [-0.39, 0.29) is 5.82 Å². The molecule has 0 atom stereocenters. The predicted molar refractivity (Wildman–Crippen MR) is 87.6 cm³/mol. The highest BCUT2D eigenvalue weighted by Crippen LogP contribution is 2.23. The van der Waals surface area contributed by atoms with Gasteiger partial charge in [-0.25, -0.2) is 4.39 Å². The van der Waals surface area contributed by atoms with Gasteiger partial charge in [0.15, 0.2) is 0 Å². The van der Waals surface area contributed by atoms with Crippen LogP contribution in [-0.4, -0.2) is 18.1 Å². The zero-order valence-electron chi connectivity index (χ0n) is 13.1. The number of nitrogens with zero attached hydrogens (tertiary/aromatic N) is 1. The molecular weight excluding hydrogens is 275 g/mol. The summed E-state index contributed by atoms with van der Waals surface area (Å²) in [6.07, 6.45) is 3.81. The van der Waals surface area contributed by atoms with Gasteiger partial charge in [0, 0.05) is 17.3 Å². The van der Waals surface area contributed by atoms with Crippen LogP contribution in [-0.2, 0) is 12.8 Å². The number of halogens is 1. The van der Waals surface area contributed by atoms with E-state index in [1.807, 2.05) is 19.1 Å². The maximum absolute atomic E-state index is 13.9. The van der Waals surface area contributed by atoms with Crippen LogP contribution in [0.4, 0.5) is 4.39 Å². The maximum Gasteiger partial charge on any atom is 0.126 e. The number of nitrogens with one attached hydrogen (secondary N) is 1. The second-order valence-corrected chi connectivity index (χ2v) is 6.17. The first-order valence-corrected chi connectivity index (χ1v) is 8.14. The summed E-state index contributed by atoms with van der Waals surface area (Å²) in [5.41, 5.74) is 4.01. The molecule has 1 aliphatic rings. The van der Waals surface area contributed by atoms with Crippen LogP contribution in [0, 0.1) is 12.7 Å². The molecule has 2 heterocycles. The van der Waals surface area contributed by atoms with Crippen LogP contribution < -0.4 is 5.32 Å². The Balaban J connectivity index is 1.67. The summed E-state index contributed by atoms with van der Waals surface area (Å²) in [7, 11) is 0.